The van der Waals surface area contributed by atoms with Crippen molar-refractivity contribution in [3.8, 4) is 0 Å². The van der Waals surface area contributed by atoms with E-state index in [1.807, 2.05) is 20.8 Å². The summed E-state index contributed by atoms with van der Waals surface area (Å²) in [4.78, 5) is 0.198. The standard InChI is InChI=1S/C13H19BrClNO2S/c1-13(2,3)12(7-8-14)16-19(17,18)11-6-4-5-10(15)9-11/h4-6,9,12,16H,7-8H2,1-3H3. The van der Waals surface area contributed by atoms with Gasteiger partial charge < -0.3 is 0 Å². The fourth-order valence-corrected chi connectivity index (χ4v) is 3.90. The van der Waals surface area contributed by atoms with Gasteiger partial charge in [-0.05, 0) is 30.0 Å². The second kappa shape index (κ2) is 6.57. The van der Waals surface area contributed by atoms with Crippen molar-refractivity contribution in [3.63, 3.8) is 0 Å². The molecule has 0 aliphatic rings. The monoisotopic (exact) mass is 367 g/mol. The van der Waals surface area contributed by atoms with Crippen molar-refractivity contribution in [1.29, 1.82) is 0 Å². The molecule has 0 bridgehead atoms. The number of benzene rings is 1. The van der Waals surface area contributed by atoms with Crippen molar-refractivity contribution in [1.82, 2.24) is 4.72 Å². The lowest BCUT2D eigenvalue weighted by molar-refractivity contribution is 0.293. The van der Waals surface area contributed by atoms with Crippen molar-refractivity contribution < 1.29 is 8.42 Å². The first-order chi connectivity index (χ1) is 8.66. The molecule has 0 fully saturated rings. The minimum atomic E-state index is -3.54. The number of rotatable bonds is 5. The first-order valence-corrected chi connectivity index (χ1v) is 8.99. The van der Waals surface area contributed by atoms with Crippen LogP contribution in [0.25, 0.3) is 0 Å². The number of halogens is 2. The average Bonchev–Trinajstić information content (AvgIpc) is 2.27. The second-order valence-corrected chi connectivity index (χ2v) is 8.42. The van der Waals surface area contributed by atoms with Crippen LogP contribution in [0.4, 0.5) is 0 Å². The third kappa shape index (κ3) is 5.06. The molecule has 1 aromatic carbocycles. The molecule has 1 aromatic rings. The highest BCUT2D eigenvalue weighted by Gasteiger charge is 2.29. The number of hydrogen-bond acceptors (Lipinski definition) is 2. The lowest BCUT2D eigenvalue weighted by Crippen LogP contribution is -2.43. The maximum absolute atomic E-state index is 12.3. The fraction of sp³-hybridized carbons (Fsp3) is 0.538. The highest BCUT2D eigenvalue weighted by molar-refractivity contribution is 9.09. The zero-order valence-corrected chi connectivity index (χ0v) is 14.4. The largest absolute Gasteiger partial charge is 0.240 e. The number of sulfonamides is 1. The van der Waals surface area contributed by atoms with Crippen LogP contribution in [-0.2, 0) is 10.0 Å². The average molecular weight is 369 g/mol. The van der Waals surface area contributed by atoms with Gasteiger partial charge in [0.1, 0.15) is 0 Å². The van der Waals surface area contributed by atoms with Gasteiger partial charge in [0.05, 0.1) is 4.90 Å². The SMILES string of the molecule is CC(C)(C)C(CCBr)NS(=O)(=O)c1cccc(Cl)c1. The molecular formula is C13H19BrClNO2S. The molecule has 0 saturated carbocycles. The first-order valence-electron chi connectivity index (χ1n) is 6.00. The lowest BCUT2D eigenvalue weighted by atomic mass is 9.86. The van der Waals surface area contributed by atoms with Gasteiger partial charge in [-0.15, -0.1) is 0 Å². The Kier molecular flexibility index (Phi) is 5.86. The number of alkyl halides is 1. The van der Waals surface area contributed by atoms with Crippen LogP contribution in [0, 0.1) is 5.41 Å². The zero-order valence-electron chi connectivity index (χ0n) is 11.3. The molecule has 0 spiro atoms. The Labute approximate surface area is 128 Å². The maximum atomic E-state index is 12.3. The topological polar surface area (TPSA) is 46.2 Å². The van der Waals surface area contributed by atoms with Gasteiger partial charge >= 0.3 is 0 Å². The molecule has 0 aliphatic heterocycles. The van der Waals surface area contributed by atoms with E-state index in [1.54, 1.807) is 18.2 Å². The quantitative estimate of drug-likeness (QED) is 0.803. The zero-order chi connectivity index (χ0) is 14.7. The van der Waals surface area contributed by atoms with Gasteiger partial charge in [-0.2, -0.15) is 0 Å². The van der Waals surface area contributed by atoms with Crippen LogP contribution in [-0.4, -0.2) is 19.8 Å². The van der Waals surface area contributed by atoms with Crippen molar-refractivity contribution in [2.24, 2.45) is 5.41 Å². The Morgan fingerprint density at radius 1 is 1.37 bits per heavy atom. The van der Waals surface area contributed by atoms with Gasteiger partial charge in [0, 0.05) is 16.4 Å². The van der Waals surface area contributed by atoms with Crippen LogP contribution in [0.2, 0.25) is 5.02 Å². The van der Waals surface area contributed by atoms with E-state index in [9.17, 15) is 8.42 Å². The Bertz CT molecular complexity index is 526. The summed E-state index contributed by atoms with van der Waals surface area (Å²) in [7, 11) is -3.54. The Hall–Kier alpha value is -0.100. The molecule has 108 valence electrons. The summed E-state index contributed by atoms with van der Waals surface area (Å²) in [5, 5.41) is 1.16. The van der Waals surface area contributed by atoms with E-state index in [2.05, 4.69) is 20.7 Å². The van der Waals surface area contributed by atoms with E-state index >= 15 is 0 Å². The van der Waals surface area contributed by atoms with Crippen LogP contribution in [0.3, 0.4) is 0 Å². The van der Waals surface area contributed by atoms with E-state index in [1.165, 1.54) is 6.07 Å². The van der Waals surface area contributed by atoms with Crippen LogP contribution in [0.5, 0.6) is 0 Å². The fourth-order valence-electron chi connectivity index (χ4n) is 1.67. The molecule has 0 heterocycles. The Balaban J connectivity index is 3.01. The van der Waals surface area contributed by atoms with Crippen molar-refractivity contribution in [2.45, 2.75) is 38.1 Å². The minimum Gasteiger partial charge on any atom is -0.208 e. The summed E-state index contributed by atoms with van der Waals surface area (Å²) in [6.07, 6.45) is 0.725. The third-order valence-electron chi connectivity index (χ3n) is 2.85. The summed E-state index contributed by atoms with van der Waals surface area (Å²) in [6.45, 7) is 6.04. The van der Waals surface area contributed by atoms with Crippen LogP contribution in [0.1, 0.15) is 27.2 Å². The minimum absolute atomic E-state index is 0.143. The molecule has 1 unspecified atom stereocenters. The van der Waals surface area contributed by atoms with Gasteiger partial charge in [-0.3, -0.25) is 0 Å². The summed E-state index contributed by atoms with van der Waals surface area (Å²) in [5.74, 6) is 0. The second-order valence-electron chi connectivity index (χ2n) is 5.47. The maximum Gasteiger partial charge on any atom is 0.240 e. The molecule has 1 N–H and O–H groups in total. The van der Waals surface area contributed by atoms with E-state index < -0.39 is 10.0 Å². The highest BCUT2D eigenvalue weighted by Crippen LogP contribution is 2.25. The van der Waals surface area contributed by atoms with Crippen LogP contribution in [0.15, 0.2) is 29.2 Å². The van der Waals surface area contributed by atoms with Crippen molar-refractivity contribution in [3.05, 3.63) is 29.3 Å². The van der Waals surface area contributed by atoms with Gasteiger partial charge in [0.15, 0.2) is 0 Å². The Morgan fingerprint density at radius 3 is 2.47 bits per heavy atom. The molecular weight excluding hydrogens is 350 g/mol. The van der Waals surface area contributed by atoms with E-state index in [-0.39, 0.29) is 16.4 Å². The van der Waals surface area contributed by atoms with E-state index in [0.29, 0.717) is 5.02 Å². The van der Waals surface area contributed by atoms with E-state index in [0.717, 1.165) is 11.8 Å². The predicted molar refractivity (Wildman–Crippen MR) is 83.4 cm³/mol. The van der Waals surface area contributed by atoms with Crippen molar-refractivity contribution in [2.75, 3.05) is 5.33 Å². The Morgan fingerprint density at radius 2 is 2.00 bits per heavy atom. The van der Waals surface area contributed by atoms with Gasteiger partial charge in [-0.25, -0.2) is 13.1 Å². The van der Waals surface area contributed by atoms with Crippen molar-refractivity contribution >= 4 is 37.6 Å². The number of nitrogens with one attached hydrogen (secondary N) is 1. The molecule has 1 atom stereocenters. The molecule has 0 amide bonds. The summed E-state index contributed by atoms with van der Waals surface area (Å²) >= 11 is 9.20. The summed E-state index contributed by atoms with van der Waals surface area (Å²) < 4.78 is 27.4. The van der Waals surface area contributed by atoms with Gasteiger partial charge in [-0.1, -0.05) is 54.4 Å². The van der Waals surface area contributed by atoms with E-state index in [4.69, 9.17) is 11.6 Å². The molecule has 0 saturated heterocycles. The summed E-state index contributed by atoms with van der Waals surface area (Å²) in [6, 6.07) is 6.14. The van der Waals surface area contributed by atoms with Gasteiger partial charge in [0.25, 0.3) is 0 Å². The summed E-state index contributed by atoms with van der Waals surface area (Å²) in [5.41, 5.74) is -0.153. The third-order valence-corrected chi connectivity index (χ3v) is 5.01. The molecule has 1 rings (SSSR count). The molecule has 0 aromatic heterocycles. The number of hydrogen-bond donors (Lipinski definition) is 1. The lowest BCUT2D eigenvalue weighted by Gasteiger charge is -2.30. The van der Waals surface area contributed by atoms with Crippen LogP contribution >= 0.6 is 27.5 Å². The molecule has 0 radical (unpaired) electrons. The molecule has 6 heteroatoms. The first kappa shape index (κ1) is 17.0. The molecule has 0 aliphatic carbocycles. The smallest absolute Gasteiger partial charge is 0.208 e. The van der Waals surface area contributed by atoms with Crippen LogP contribution < -0.4 is 4.72 Å². The molecule has 3 nitrogen and oxygen atoms in total. The molecule has 19 heavy (non-hydrogen) atoms. The normalized spacial score (nSPS) is 14.4. The predicted octanol–water partition coefficient (Wildman–Crippen LogP) is 3.82. The highest BCUT2D eigenvalue weighted by atomic mass is 79.9. The van der Waals surface area contributed by atoms with Gasteiger partial charge in [0.2, 0.25) is 10.0 Å².